The third-order valence-electron chi connectivity index (χ3n) is 4.55. The number of hydrogen-bond acceptors (Lipinski definition) is 4. The molecule has 0 bridgehead atoms. The summed E-state index contributed by atoms with van der Waals surface area (Å²) in [5.74, 6) is -1.54. The van der Waals surface area contributed by atoms with Crippen LogP contribution in [0.3, 0.4) is 0 Å². The Morgan fingerprint density at radius 1 is 1.13 bits per heavy atom. The first-order chi connectivity index (χ1) is 14.3. The van der Waals surface area contributed by atoms with Crippen LogP contribution in [-0.4, -0.2) is 22.9 Å². The summed E-state index contributed by atoms with van der Waals surface area (Å²) in [6.07, 6.45) is 1.35. The van der Waals surface area contributed by atoms with Gasteiger partial charge in [-0.3, -0.25) is 15.0 Å². The van der Waals surface area contributed by atoms with Gasteiger partial charge in [0.15, 0.2) is 0 Å². The second kappa shape index (κ2) is 7.53. The van der Waals surface area contributed by atoms with Crippen molar-refractivity contribution in [2.75, 3.05) is 5.01 Å². The van der Waals surface area contributed by atoms with E-state index in [0.717, 1.165) is 5.56 Å². The Balaban J connectivity index is 1.63. The van der Waals surface area contributed by atoms with E-state index in [4.69, 9.17) is 16.0 Å². The molecule has 0 radical (unpaired) electrons. The van der Waals surface area contributed by atoms with Gasteiger partial charge in [-0.25, -0.2) is 9.80 Å². The number of halogens is 1. The minimum atomic E-state index is -1.15. The molecule has 1 saturated heterocycles. The average molecular weight is 423 g/mol. The summed E-state index contributed by atoms with van der Waals surface area (Å²) in [4.78, 5) is 36.3. The number of anilines is 1. The Morgan fingerprint density at radius 3 is 2.67 bits per heavy atom. The van der Waals surface area contributed by atoms with Gasteiger partial charge in [-0.05, 0) is 61.0 Å². The van der Waals surface area contributed by atoms with Gasteiger partial charge in [0.2, 0.25) is 0 Å². The molecule has 2 amide bonds. The fourth-order valence-electron chi connectivity index (χ4n) is 3.08. The molecule has 2 N–H and O–H groups in total. The van der Waals surface area contributed by atoms with Crippen LogP contribution in [0.1, 0.15) is 21.7 Å². The highest BCUT2D eigenvalue weighted by Gasteiger charge is 2.34. The number of aromatic carboxylic acids is 1. The third-order valence-corrected chi connectivity index (χ3v) is 4.88. The fraction of sp³-hybridized carbons (Fsp3) is 0.0455. The number of carbonyl (C=O) groups excluding carboxylic acids is 2. The van der Waals surface area contributed by atoms with Gasteiger partial charge < -0.3 is 9.52 Å². The van der Waals surface area contributed by atoms with Crippen LogP contribution < -0.4 is 10.4 Å². The molecule has 2 aromatic carbocycles. The molecular formula is C22H15ClN2O5. The van der Waals surface area contributed by atoms with E-state index in [1.165, 1.54) is 23.2 Å². The summed E-state index contributed by atoms with van der Waals surface area (Å²) in [7, 11) is 0. The Bertz CT molecular complexity index is 1230. The third kappa shape index (κ3) is 3.58. The number of rotatable bonds is 4. The maximum absolute atomic E-state index is 12.7. The van der Waals surface area contributed by atoms with Crippen molar-refractivity contribution in [1.82, 2.24) is 5.43 Å². The van der Waals surface area contributed by atoms with Crippen molar-refractivity contribution < 1.29 is 23.9 Å². The number of nitrogens with one attached hydrogen (secondary N) is 1. The average Bonchev–Trinajstić information content (AvgIpc) is 3.28. The minimum absolute atomic E-state index is 0.0513. The summed E-state index contributed by atoms with van der Waals surface area (Å²) in [5, 5.41) is 10.5. The van der Waals surface area contributed by atoms with Crippen LogP contribution >= 0.6 is 11.6 Å². The molecule has 4 rings (SSSR count). The lowest BCUT2D eigenvalue weighted by molar-refractivity contribution is -0.117. The number of carboxylic acids is 1. The molecule has 2 heterocycles. The van der Waals surface area contributed by atoms with Crippen molar-refractivity contribution in [3.8, 4) is 11.3 Å². The van der Waals surface area contributed by atoms with Crippen molar-refractivity contribution in [3.63, 3.8) is 0 Å². The van der Waals surface area contributed by atoms with E-state index in [9.17, 15) is 19.5 Å². The summed E-state index contributed by atoms with van der Waals surface area (Å²) >= 11 is 5.90. The lowest BCUT2D eigenvalue weighted by atomic mass is 10.1. The summed E-state index contributed by atoms with van der Waals surface area (Å²) in [6.45, 7) is 1.89. The Labute approximate surface area is 176 Å². The number of nitrogens with zero attached hydrogens (tertiary/aromatic N) is 1. The Hall–Kier alpha value is -3.84. The predicted octanol–water partition coefficient (Wildman–Crippen LogP) is 4.07. The van der Waals surface area contributed by atoms with E-state index in [0.29, 0.717) is 17.0 Å². The largest absolute Gasteiger partial charge is 0.478 e. The summed E-state index contributed by atoms with van der Waals surface area (Å²) in [6, 6.07) is 14.9. The number of carbonyl (C=O) groups is 3. The normalized spacial score (nSPS) is 15.0. The maximum atomic E-state index is 12.7. The van der Waals surface area contributed by atoms with Crippen LogP contribution in [0.5, 0.6) is 0 Å². The van der Waals surface area contributed by atoms with Crippen molar-refractivity contribution in [3.05, 3.63) is 82.1 Å². The quantitative estimate of drug-likeness (QED) is 0.487. The standard InChI is InChI=1S/C22H15ClN2O5/c1-12-3-2-4-14(9-12)25-21(27)17(20(26)24-25)11-15-6-8-19(30-15)13-5-7-18(23)16(10-13)22(28)29/h2-11H,1H3,(H,24,26)(H,28,29)/b17-11+. The number of benzene rings is 2. The molecule has 8 heteroatoms. The van der Waals surface area contributed by atoms with E-state index >= 15 is 0 Å². The Morgan fingerprint density at radius 2 is 1.93 bits per heavy atom. The van der Waals surface area contributed by atoms with Crippen LogP contribution in [0.2, 0.25) is 5.02 Å². The van der Waals surface area contributed by atoms with Gasteiger partial charge in [-0.1, -0.05) is 23.7 Å². The zero-order valence-corrected chi connectivity index (χ0v) is 16.4. The van der Waals surface area contributed by atoms with Crippen molar-refractivity contribution in [2.24, 2.45) is 0 Å². The van der Waals surface area contributed by atoms with Gasteiger partial charge in [0, 0.05) is 5.56 Å². The molecule has 3 aromatic rings. The monoisotopic (exact) mass is 422 g/mol. The van der Waals surface area contributed by atoms with E-state index in [2.05, 4.69) is 5.43 Å². The van der Waals surface area contributed by atoms with Gasteiger partial charge in [0.25, 0.3) is 11.8 Å². The number of furan rings is 1. The van der Waals surface area contributed by atoms with Crippen LogP contribution in [0.25, 0.3) is 17.4 Å². The first kappa shape index (κ1) is 19.5. The van der Waals surface area contributed by atoms with E-state index < -0.39 is 17.8 Å². The molecule has 0 unspecified atom stereocenters. The summed E-state index contributed by atoms with van der Waals surface area (Å²) < 4.78 is 5.70. The molecule has 0 atom stereocenters. The molecule has 1 aliphatic rings. The van der Waals surface area contributed by atoms with Crippen molar-refractivity contribution >= 4 is 41.1 Å². The molecule has 150 valence electrons. The second-order valence-electron chi connectivity index (χ2n) is 6.68. The van der Waals surface area contributed by atoms with E-state index in [1.54, 1.807) is 36.4 Å². The van der Waals surface area contributed by atoms with Gasteiger partial charge in [0.1, 0.15) is 17.1 Å². The molecule has 30 heavy (non-hydrogen) atoms. The molecule has 0 saturated carbocycles. The molecule has 0 spiro atoms. The highest BCUT2D eigenvalue weighted by Crippen LogP contribution is 2.28. The lowest BCUT2D eigenvalue weighted by Crippen LogP contribution is -2.35. The number of amides is 2. The number of aryl methyl sites for hydroxylation is 1. The summed E-state index contributed by atoms with van der Waals surface area (Å²) in [5.41, 5.74) is 4.43. The smallest absolute Gasteiger partial charge is 0.337 e. The SMILES string of the molecule is Cc1cccc(N2NC(=O)/C(=C\c3ccc(-c4ccc(Cl)c(C(=O)O)c4)o3)C2=O)c1. The zero-order valence-electron chi connectivity index (χ0n) is 15.7. The highest BCUT2D eigenvalue weighted by atomic mass is 35.5. The molecule has 0 aliphatic carbocycles. The molecule has 1 aliphatic heterocycles. The molecule has 1 aromatic heterocycles. The van der Waals surface area contributed by atoms with Crippen molar-refractivity contribution in [2.45, 2.75) is 6.92 Å². The number of carboxylic acid groups (broad SMARTS) is 1. The molecule has 7 nitrogen and oxygen atoms in total. The van der Waals surface area contributed by atoms with Gasteiger partial charge >= 0.3 is 5.97 Å². The fourth-order valence-corrected chi connectivity index (χ4v) is 3.27. The van der Waals surface area contributed by atoms with Crippen LogP contribution in [-0.2, 0) is 9.59 Å². The van der Waals surface area contributed by atoms with Crippen molar-refractivity contribution in [1.29, 1.82) is 0 Å². The minimum Gasteiger partial charge on any atom is -0.478 e. The number of hydrazine groups is 1. The lowest BCUT2D eigenvalue weighted by Gasteiger charge is -2.14. The maximum Gasteiger partial charge on any atom is 0.337 e. The Kier molecular flexibility index (Phi) is 4.89. The van der Waals surface area contributed by atoms with E-state index in [1.807, 2.05) is 13.0 Å². The van der Waals surface area contributed by atoms with Crippen LogP contribution in [0, 0.1) is 6.92 Å². The van der Waals surface area contributed by atoms with E-state index in [-0.39, 0.29) is 21.9 Å². The van der Waals surface area contributed by atoms with Crippen LogP contribution in [0.4, 0.5) is 5.69 Å². The first-order valence-corrected chi connectivity index (χ1v) is 9.28. The number of hydrogen-bond donors (Lipinski definition) is 2. The zero-order chi connectivity index (χ0) is 21.4. The van der Waals surface area contributed by atoms with Gasteiger partial charge in [-0.15, -0.1) is 0 Å². The second-order valence-corrected chi connectivity index (χ2v) is 7.09. The molecular weight excluding hydrogens is 408 g/mol. The highest BCUT2D eigenvalue weighted by molar-refractivity contribution is 6.33. The first-order valence-electron chi connectivity index (χ1n) is 8.90. The van der Waals surface area contributed by atoms with Crippen LogP contribution in [0.15, 0.2) is 64.6 Å². The van der Waals surface area contributed by atoms with Gasteiger partial charge in [0.05, 0.1) is 16.3 Å². The van der Waals surface area contributed by atoms with Gasteiger partial charge in [-0.2, -0.15) is 0 Å². The predicted molar refractivity (Wildman–Crippen MR) is 111 cm³/mol. The topological polar surface area (TPSA) is 99.8 Å². The molecule has 1 fully saturated rings.